The molecule has 3 atom stereocenters. The molecule has 4 aromatic rings. The first-order valence-corrected chi connectivity index (χ1v) is 14.0. The number of carboxylic acid groups (broad SMARTS) is 1. The van der Waals surface area contributed by atoms with E-state index >= 15 is 0 Å². The van der Waals surface area contributed by atoms with E-state index in [0.717, 1.165) is 27.5 Å². The molecule has 3 unspecified atom stereocenters. The number of benzene rings is 4. The standard InChI is InChI=1S/C34H33NO7/c1-23(36)42-32-10-6-5-9-30(32)33(37)41-20-18-24-11-13-26(14-12-24)29-17-19-35(40-2,34(38)39)22-31(29)28-16-15-25-7-3-4-8-27(25)21-28/h3-16,21,29,31H,17-20,22H2,1-2H3. The monoisotopic (exact) mass is 567 g/mol. The number of quaternary nitrogens is 1. The molecule has 0 aliphatic carbocycles. The smallest absolute Gasteiger partial charge is 0.341 e. The van der Waals surface area contributed by atoms with Crippen LogP contribution in [-0.4, -0.2) is 49.5 Å². The van der Waals surface area contributed by atoms with Gasteiger partial charge in [0.05, 0.1) is 13.7 Å². The number of carbonyl (C=O) groups excluding carboxylic acids is 3. The number of ether oxygens (including phenoxy) is 2. The fourth-order valence-electron chi connectivity index (χ4n) is 5.82. The van der Waals surface area contributed by atoms with Crippen molar-refractivity contribution in [3.05, 3.63) is 113 Å². The maximum absolute atomic E-state index is 12.6. The molecule has 1 aliphatic heterocycles. The van der Waals surface area contributed by atoms with Gasteiger partial charge in [-0.25, -0.2) is 4.79 Å². The maximum atomic E-state index is 12.6. The molecule has 8 nitrogen and oxygen atoms in total. The average Bonchev–Trinajstić information content (AvgIpc) is 3.00. The highest BCUT2D eigenvalue weighted by atomic mass is 16.7. The van der Waals surface area contributed by atoms with Gasteiger partial charge < -0.3 is 19.4 Å². The molecule has 1 aliphatic rings. The largest absolute Gasteiger partial charge is 0.496 e. The summed E-state index contributed by atoms with van der Waals surface area (Å²) in [6.45, 7) is 2.00. The van der Waals surface area contributed by atoms with Gasteiger partial charge in [-0.05, 0) is 39.6 Å². The van der Waals surface area contributed by atoms with Crippen LogP contribution in [0.25, 0.3) is 10.8 Å². The van der Waals surface area contributed by atoms with Gasteiger partial charge in [0.15, 0.2) is 0 Å². The Morgan fingerprint density at radius 3 is 2.26 bits per heavy atom. The number of hydrogen-bond donors (Lipinski definition) is 0. The zero-order valence-electron chi connectivity index (χ0n) is 23.7. The molecule has 1 fully saturated rings. The molecule has 1 amide bonds. The van der Waals surface area contributed by atoms with Gasteiger partial charge in [-0.1, -0.05) is 78.9 Å². The summed E-state index contributed by atoms with van der Waals surface area (Å²) in [4.78, 5) is 41.6. The maximum Gasteiger partial charge on any atom is 0.341 e. The van der Waals surface area contributed by atoms with Gasteiger partial charge in [0, 0.05) is 31.6 Å². The van der Waals surface area contributed by atoms with Crippen LogP contribution in [0.1, 0.15) is 52.2 Å². The summed E-state index contributed by atoms with van der Waals surface area (Å²) in [6.07, 6.45) is -0.116. The number of nitrogens with zero attached hydrogens (tertiary/aromatic N) is 1. The molecule has 0 spiro atoms. The Kier molecular flexibility index (Phi) is 8.66. The number of rotatable bonds is 8. The van der Waals surface area contributed by atoms with Crippen molar-refractivity contribution >= 4 is 28.8 Å². The Balaban J connectivity index is 1.31. The third-order valence-electron chi connectivity index (χ3n) is 8.05. The summed E-state index contributed by atoms with van der Waals surface area (Å²) in [5.41, 5.74) is 3.36. The molecule has 42 heavy (non-hydrogen) atoms. The summed E-state index contributed by atoms with van der Waals surface area (Å²) in [5, 5.41) is 14.4. The van der Waals surface area contributed by atoms with E-state index in [1.807, 2.05) is 24.3 Å². The van der Waals surface area contributed by atoms with Crippen LogP contribution in [0.4, 0.5) is 4.79 Å². The molecule has 8 heteroatoms. The number of carbonyl (C=O) groups is 3. The third-order valence-corrected chi connectivity index (χ3v) is 8.05. The first-order valence-electron chi connectivity index (χ1n) is 14.0. The van der Waals surface area contributed by atoms with Crippen LogP contribution in [-0.2, 0) is 20.8 Å². The Morgan fingerprint density at radius 1 is 0.857 bits per heavy atom. The predicted molar refractivity (Wildman–Crippen MR) is 155 cm³/mol. The number of likely N-dealkylation sites (tertiary alicyclic amines) is 1. The lowest BCUT2D eigenvalue weighted by Gasteiger charge is -2.43. The summed E-state index contributed by atoms with van der Waals surface area (Å²) < 4.78 is 10.0. The van der Waals surface area contributed by atoms with Crippen molar-refractivity contribution in [1.29, 1.82) is 0 Å². The molecule has 5 rings (SSSR count). The van der Waals surface area contributed by atoms with Crippen molar-refractivity contribution in [3.63, 3.8) is 0 Å². The van der Waals surface area contributed by atoms with Gasteiger partial charge in [0.1, 0.15) is 24.4 Å². The van der Waals surface area contributed by atoms with Crippen LogP contribution in [0.5, 0.6) is 5.75 Å². The Hall–Kier alpha value is -4.53. The number of hydrogen-bond acceptors (Lipinski definition) is 7. The van der Waals surface area contributed by atoms with Gasteiger partial charge in [0.25, 0.3) is 6.09 Å². The van der Waals surface area contributed by atoms with E-state index in [9.17, 15) is 19.5 Å². The molecule has 1 heterocycles. The van der Waals surface area contributed by atoms with Gasteiger partial charge in [-0.2, -0.15) is 4.84 Å². The van der Waals surface area contributed by atoms with Gasteiger partial charge in [-0.15, -0.1) is 4.65 Å². The highest BCUT2D eigenvalue weighted by Gasteiger charge is 2.44. The van der Waals surface area contributed by atoms with Crippen molar-refractivity contribution in [2.45, 2.75) is 31.6 Å². The van der Waals surface area contributed by atoms with Crippen LogP contribution in [0.3, 0.4) is 0 Å². The van der Waals surface area contributed by atoms with E-state index in [1.165, 1.54) is 14.0 Å². The van der Waals surface area contributed by atoms with E-state index in [-0.39, 0.29) is 36.3 Å². The lowest BCUT2D eigenvalue weighted by atomic mass is 9.76. The molecule has 216 valence electrons. The molecule has 0 N–H and O–H groups in total. The van der Waals surface area contributed by atoms with E-state index in [2.05, 4.69) is 42.5 Å². The quantitative estimate of drug-likeness (QED) is 0.165. The number of hydroxylamine groups is 3. The Morgan fingerprint density at radius 2 is 1.55 bits per heavy atom. The second kappa shape index (κ2) is 12.5. The second-order valence-electron chi connectivity index (χ2n) is 10.6. The van der Waals surface area contributed by atoms with E-state index in [4.69, 9.17) is 14.3 Å². The van der Waals surface area contributed by atoms with Crippen molar-refractivity contribution in [2.75, 3.05) is 26.8 Å². The Labute approximate surface area is 244 Å². The van der Waals surface area contributed by atoms with Crippen molar-refractivity contribution in [3.8, 4) is 5.75 Å². The van der Waals surface area contributed by atoms with E-state index < -0.39 is 22.7 Å². The highest BCUT2D eigenvalue weighted by molar-refractivity contribution is 5.93. The van der Waals surface area contributed by atoms with E-state index in [0.29, 0.717) is 19.4 Å². The first-order chi connectivity index (χ1) is 20.3. The fraction of sp³-hybridized carbons (Fsp3) is 0.265. The molecule has 4 aromatic carbocycles. The number of piperidine rings is 1. The topological polar surface area (TPSA) is 102 Å². The SMILES string of the molecule is CO[N+]1(C(=O)[O-])CCC(c2ccc(CCOC(=O)c3ccccc3OC(C)=O)cc2)C(c2ccc3ccccc3c2)C1. The number of para-hydroxylation sites is 1. The molecule has 0 bridgehead atoms. The minimum Gasteiger partial charge on any atom is -0.496 e. The summed E-state index contributed by atoms with van der Waals surface area (Å²) in [5.74, 6) is -0.927. The molecule has 0 saturated carbocycles. The summed E-state index contributed by atoms with van der Waals surface area (Å²) in [6, 6.07) is 29.0. The molecule has 1 saturated heterocycles. The van der Waals surface area contributed by atoms with Gasteiger partial charge in [0.2, 0.25) is 0 Å². The van der Waals surface area contributed by atoms with E-state index in [1.54, 1.807) is 24.3 Å². The average molecular weight is 568 g/mol. The van der Waals surface area contributed by atoms with Crippen molar-refractivity contribution in [2.24, 2.45) is 0 Å². The second-order valence-corrected chi connectivity index (χ2v) is 10.6. The molecule has 0 radical (unpaired) electrons. The zero-order valence-corrected chi connectivity index (χ0v) is 23.7. The summed E-state index contributed by atoms with van der Waals surface area (Å²) >= 11 is 0. The number of amides is 1. The molecular formula is C34H33NO7. The third kappa shape index (κ3) is 6.20. The van der Waals surface area contributed by atoms with Gasteiger partial charge in [-0.3, -0.25) is 4.79 Å². The van der Waals surface area contributed by atoms with Crippen LogP contribution in [0, 0.1) is 0 Å². The Bertz CT molecular complexity index is 1600. The van der Waals surface area contributed by atoms with Crippen LogP contribution in [0.2, 0.25) is 0 Å². The predicted octanol–water partition coefficient (Wildman–Crippen LogP) is 5.16. The lowest BCUT2D eigenvalue weighted by Crippen LogP contribution is -2.62. The highest BCUT2D eigenvalue weighted by Crippen LogP contribution is 2.43. The first kappa shape index (κ1) is 29.0. The lowest BCUT2D eigenvalue weighted by molar-refractivity contribution is -1.06. The van der Waals surface area contributed by atoms with Crippen LogP contribution >= 0.6 is 0 Å². The molecular weight excluding hydrogens is 534 g/mol. The normalized spacial score (nSPS) is 20.1. The van der Waals surface area contributed by atoms with Crippen LogP contribution < -0.4 is 9.84 Å². The van der Waals surface area contributed by atoms with Crippen molar-refractivity contribution in [1.82, 2.24) is 0 Å². The van der Waals surface area contributed by atoms with Crippen molar-refractivity contribution < 1.29 is 38.4 Å². The minimum atomic E-state index is -1.23. The van der Waals surface area contributed by atoms with Gasteiger partial charge >= 0.3 is 11.9 Å². The zero-order chi connectivity index (χ0) is 29.7. The van der Waals surface area contributed by atoms with Crippen LogP contribution in [0.15, 0.2) is 91.0 Å². The molecule has 0 aromatic heterocycles. The summed E-state index contributed by atoms with van der Waals surface area (Å²) in [7, 11) is 1.42. The number of esters is 2. The minimum absolute atomic E-state index is 0.0802. The number of fused-ring (bicyclic) bond motifs is 1. The fourth-order valence-corrected chi connectivity index (χ4v) is 5.82.